The predicted octanol–water partition coefficient (Wildman–Crippen LogP) is 2.34. The lowest BCUT2D eigenvalue weighted by Crippen LogP contribution is -2.53. The standard InChI is InChI=1S/C19H30N4O4S.HI/c1-19(2,3)27-18(24)23-13-11-22(12-14-23)17(20)21-10-7-15-28(25,26)16-8-5-4-6-9-16;/h4-6,8-9H,7,10-15H2,1-3H3,(H2,20,21);1H. The van der Waals surface area contributed by atoms with Crippen LogP contribution in [-0.4, -0.2) is 74.3 Å². The third-order valence-corrected chi connectivity index (χ3v) is 6.02. The van der Waals surface area contributed by atoms with E-state index in [1.165, 1.54) is 0 Å². The molecule has 2 rings (SSSR count). The van der Waals surface area contributed by atoms with Crippen LogP contribution in [0.5, 0.6) is 0 Å². The van der Waals surface area contributed by atoms with Crippen molar-refractivity contribution >= 4 is 45.9 Å². The van der Waals surface area contributed by atoms with E-state index in [1.54, 1.807) is 35.2 Å². The molecule has 0 aromatic heterocycles. The fourth-order valence-electron chi connectivity index (χ4n) is 2.74. The summed E-state index contributed by atoms with van der Waals surface area (Å²) in [6.45, 7) is 8.00. The molecule has 164 valence electrons. The highest BCUT2D eigenvalue weighted by Gasteiger charge is 2.26. The second-order valence-electron chi connectivity index (χ2n) is 7.68. The minimum absolute atomic E-state index is 0. The summed E-state index contributed by atoms with van der Waals surface area (Å²) in [6.07, 6.45) is 0.0734. The molecule has 0 bridgehead atoms. The van der Waals surface area contributed by atoms with E-state index in [9.17, 15) is 13.2 Å². The molecule has 1 saturated heterocycles. The molecule has 1 aliphatic rings. The molecule has 1 heterocycles. The molecule has 0 radical (unpaired) electrons. The average Bonchev–Trinajstić information content (AvgIpc) is 2.64. The number of aliphatic imine (C=N–C) groups is 1. The van der Waals surface area contributed by atoms with Gasteiger partial charge in [0.25, 0.3) is 0 Å². The van der Waals surface area contributed by atoms with Crippen LogP contribution in [0.15, 0.2) is 40.2 Å². The number of halogens is 1. The number of benzene rings is 1. The Morgan fingerprint density at radius 1 is 1.10 bits per heavy atom. The van der Waals surface area contributed by atoms with Gasteiger partial charge in [-0.15, -0.1) is 24.0 Å². The van der Waals surface area contributed by atoms with Crippen molar-refractivity contribution in [1.29, 1.82) is 0 Å². The quantitative estimate of drug-likeness (QED) is 0.267. The largest absolute Gasteiger partial charge is 0.444 e. The van der Waals surface area contributed by atoms with Crippen molar-refractivity contribution in [2.24, 2.45) is 10.7 Å². The van der Waals surface area contributed by atoms with Crippen molar-refractivity contribution in [3.63, 3.8) is 0 Å². The van der Waals surface area contributed by atoms with E-state index in [4.69, 9.17) is 10.5 Å². The average molecular weight is 538 g/mol. The Bertz CT molecular complexity index is 786. The highest BCUT2D eigenvalue weighted by molar-refractivity contribution is 14.0. The number of piperazine rings is 1. The summed E-state index contributed by atoms with van der Waals surface area (Å²) in [5.41, 5.74) is 5.51. The van der Waals surface area contributed by atoms with E-state index >= 15 is 0 Å². The Hall–Kier alpha value is -1.56. The summed E-state index contributed by atoms with van der Waals surface area (Å²) in [7, 11) is -3.30. The first-order valence-corrected chi connectivity index (χ1v) is 11.0. The zero-order valence-corrected chi connectivity index (χ0v) is 20.4. The van der Waals surface area contributed by atoms with E-state index in [0.717, 1.165) is 0 Å². The van der Waals surface area contributed by atoms with Crippen molar-refractivity contribution in [3.8, 4) is 0 Å². The topological polar surface area (TPSA) is 105 Å². The fourth-order valence-corrected chi connectivity index (χ4v) is 4.06. The molecule has 8 nitrogen and oxygen atoms in total. The lowest BCUT2D eigenvalue weighted by molar-refractivity contribution is 0.0186. The Morgan fingerprint density at radius 2 is 1.66 bits per heavy atom. The lowest BCUT2D eigenvalue weighted by atomic mass is 10.2. The van der Waals surface area contributed by atoms with Crippen LogP contribution < -0.4 is 5.73 Å². The molecule has 1 aliphatic heterocycles. The minimum atomic E-state index is -3.30. The van der Waals surface area contributed by atoms with Crippen LogP contribution in [0.4, 0.5) is 4.79 Å². The molecule has 0 aliphatic carbocycles. The number of carbonyl (C=O) groups excluding carboxylic acids is 1. The number of carbonyl (C=O) groups is 1. The molecular weight excluding hydrogens is 507 g/mol. The number of hydrogen-bond acceptors (Lipinski definition) is 5. The zero-order chi connectivity index (χ0) is 20.8. The van der Waals surface area contributed by atoms with Crippen LogP contribution >= 0.6 is 24.0 Å². The van der Waals surface area contributed by atoms with Gasteiger partial charge in [0, 0.05) is 32.7 Å². The smallest absolute Gasteiger partial charge is 0.410 e. The first kappa shape index (κ1) is 25.5. The van der Waals surface area contributed by atoms with Crippen LogP contribution in [0, 0.1) is 0 Å². The molecule has 0 spiro atoms. The zero-order valence-electron chi connectivity index (χ0n) is 17.2. The minimum Gasteiger partial charge on any atom is -0.444 e. The summed E-state index contributed by atoms with van der Waals surface area (Å²) in [6, 6.07) is 8.39. The molecule has 0 unspecified atom stereocenters. The van der Waals surface area contributed by atoms with Crippen molar-refractivity contribution < 1.29 is 17.9 Å². The van der Waals surface area contributed by atoms with Crippen molar-refractivity contribution in [2.75, 3.05) is 38.5 Å². The maximum absolute atomic E-state index is 12.2. The van der Waals surface area contributed by atoms with Gasteiger partial charge < -0.3 is 20.3 Å². The molecule has 29 heavy (non-hydrogen) atoms. The predicted molar refractivity (Wildman–Crippen MR) is 124 cm³/mol. The maximum atomic E-state index is 12.2. The van der Waals surface area contributed by atoms with Gasteiger partial charge in [-0.2, -0.15) is 0 Å². The molecule has 1 aromatic rings. The fraction of sp³-hybridized carbons (Fsp3) is 0.579. The Morgan fingerprint density at radius 3 is 2.21 bits per heavy atom. The number of sulfone groups is 1. The molecule has 0 saturated carbocycles. The van der Waals surface area contributed by atoms with Crippen LogP contribution in [0.25, 0.3) is 0 Å². The van der Waals surface area contributed by atoms with E-state index in [1.807, 2.05) is 25.7 Å². The number of nitrogens with zero attached hydrogens (tertiary/aromatic N) is 3. The summed E-state index contributed by atoms with van der Waals surface area (Å²) < 4.78 is 29.8. The van der Waals surface area contributed by atoms with Gasteiger partial charge in [0.1, 0.15) is 5.60 Å². The van der Waals surface area contributed by atoms with E-state index in [-0.39, 0.29) is 35.8 Å². The summed E-state index contributed by atoms with van der Waals surface area (Å²) in [4.78, 5) is 20.2. The maximum Gasteiger partial charge on any atom is 0.410 e. The first-order chi connectivity index (χ1) is 13.1. The monoisotopic (exact) mass is 538 g/mol. The van der Waals surface area contributed by atoms with Crippen LogP contribution in [0.2, 0.25) is 0 Å². The van der Waals surface area contributed by atoms with Gasteiger partial charge in [0.05, 0.1) is 10.6 Å². The highest BCUT2D eigenvalue weighted by Crippen LogP contribution is 2.13. The van der Waals surface area contributed by atoms with Crippen molar-refractivity contribution in [2.45, 2.75) is 37.7 Å². The molecule has 10 heteroatoms. The van der Waals surface area contributed by atoms with Gasteiger partial charge in [-0.3, -0.25) is 4.99 Å². The highest BCUT2D eigenvalue weighted by atomic mass is 127. The molecule has 1 amide bonds. The van der Waals surface area contributed by atoms with Crippen molar-refractivity contribution in [1.82, 2.24) is 9.80 Å². The second kappa shape index (κ2) is 11.0. The number of hydrogen-bond donors (Lipinski definition) is 1. The van der Waals surface area contributed by atoms with E-state index in [0.29, 0.717) is 50.0 Å². The Balaban J connectivity index is 0.00000420. The number of rotatable bonds is 5. The normalized spacial score (nSPS) is 15.6. The molecule has 2 N–H and O–H groups in total. The molecule has 1 aromatic carbocycles. The summed E-state index contributed by atoms with van der Waals surface area (Å²) in [5.74, 6) is 0.404. The van der Waals surface area contributed by atoms with E-state index in [2.05, 4.69) is 4.99 Å². The number of amides is 1. The van der Waals surface area contributed by atoms with Gasteiger partial charge in [0.15, 0.2) is 15.8 Å². The Labute approximate surface area is 190 Å². The lowest BCUT2D eigenvalue weighted by Gasteiger charge is -2.36. The molecule has 1 fully saturated rings. The SMILES string of the molecule is CC(C)(C)OC(=O)N1CCN(C(N)=NCCCS(=O)(=O)c2ccccc2)CC1.I. The first-order valence-electron chi connectivity index (χ1n) is 9.39. The molecular formula is C19H31IN4O4S. The van der Waals surface area contributed by atoms with E-state index < -0.39 is 15.4 Å². The summed E-state index contributed by atoms with van der Waals surface area (Å²) in [5, 5.41) is 0. The third-order valence-electron chi connectivity index (χ3n) is 4.20. The number of guanidine groups is 1. The van der Waals surface area contributed by atoms with Gasteiger partial charge in [0.2, 0.25) is 0 Å². The van der Waals surface area contributed by atoms with Gasteiger partial charge >= 0.3 is 6.09 Å². The van der Waals surface area contributed by atoms with Gasteiger partial charge in [-0.05, 0) is 39.3 Å². The summed E-state index contributed by atoms with van der Waals surface area (Å²) >= 11 is 0. The van der Waals surface area contributed by atoms with Crippen molar-refractivity contribution in [3.05, 3.63) is 30.3 Å². The number of ether oxygens (including phenoxy) is 1. The van der Waals surface area contributed by atoms with Crippen LogP contribution in [0.3, 0.4) is 0 Å². The van der Waals surface area contributed by atoms with Gasteiger partial charge in [-0.1, -0.05) is 18.2 Å². The van der Waals surface area contributed by atoms with Crippen LogP contribution in [-0.2, 0) is 14.6 Å². The Kier molecular flexibility index (Phi) is 9.66. The molecule has 0 atom stereocenters. The number of nitrogens with two attached hydrogens (primary N) is 1. The third kappa shape index (κ3) is 8.37. The second-order valence-corrected chi connectivity index (χ2v) is 9.79. The van der Waals surface area contributed by atoms with Crippen LogP contribution in [0.1, 0.15) is 27.2 Å². The van der Waals surface area contributed by atoms with Gasteiger partial charge in [-0.25, -0.2) is 13.2 Å².